The van der Waals surface area contributed by atoms with Crippen LogP contribution in [0.15, 0.2) is 60.9 Å². The smallest absolute Gasteiger partial charge is 0.271 e. The topological polar surface area (TPSA) is 46.4 Å². The Bertz CT molecular complexity index is 1040. The summed E-state index contributed by atoms with van der Waals surface area (Å²) in [5.41, 5.74) is 1.64. The molecular weight excluding hydrogens is 373 g/mol. The SMILES string of the molecule is O=C(NCc1c(F)cccc1Cl)c1cn2cc(-c3ccccc3)sc2n1. The van der Waals surface area contributed by atoms with Crippen LogP contribution >= 0.6 is 22.9 Å². The molecular formula is C19H13ClFN3OS. The summed E-state index contributed by atoms with van der Waals surface area (Å²) >= 11 is 7.47. The highest BCUT2D eigenvalue weighted by Gasteiger charge is 2.15. The Labute approximate surface area is 157 Å². The van der Waals surface area contributed by atoms with Crippen LogP contribution in [0, 0.1) is 5.82 Å². The average Bonchev–Trinajstić information content (AvgIpc) is 3.21. The molecule has 0 spiro atoms. The molecule has 0 bridgehead atoms. The average molecular weight is 386 g/mol. The van der Waals surface area contributed by atoms with E-state index in [9.17, 15) is 9.18 Å². The molecule has 0 saturated carbocycles. The van der Waals surface area contributed by atoms with Crippen LogP contribution in [0.1, 0.15) is 16.1 Å². The summed E-state index contributed by atoms with van der Waals surface area (Å²) in [6.45, 7) is 0.00474. The van der Waals surface area contributed by atoms with Crippen LogP contribution in [0.5, 0.6) is 0 Å². The summed E-state index contributed by atoms with van der Waals surface area (Å²) < 4.78 is 15.6. The van der Waals surface area contributed by atoms with Crippen molar-refractivity contribution in [3.05, 3.63) is 83.0 Å². The third-order valence-electron chi connectivity index (χ3n) is 3.93. The first-order valence-electron chi connectivity index (χ1n) is 7.87. The Morgan fingerprint density at radius 3 is 2.69 bits per heavy atom. The molecule has 1 amide bonds. The predicted molar refractivity (Wildman–Crippen MR) is 101 cm³/mol. The number of carbonyl (C=O) groups excluding carboxylic acids is 1. The van der Waals surface area contributed by atoms with E-state index in [0.717, 1.165) is 15.4 Å². The van der Waals surface area contributed by atoms with Gasteiger partial charge >= 0.3 is 0 Å². The lowest BCUT2D eigenvalue weighted by atomic mass is 10.2. The summed E-state index contributed by atoms with van der Waals surface area (Å²) in [7, 11) is 0. The van der Waals surface area contributed by atoms with Crippen LogP contribution in [-0.4, -0.2) is 15.3 Å². The van der Waals surface area contributed by atoms with Gasteiger partial charge in [0.05, 0.1) is 4.88 Å². The Balaban J connectivity index is 1.52. The van der Waals surface area contributed by atoms with E-state index < -0.39 is 5.82 Å². The first kappa shape index (κ1) is 16.8. The molecule has 0 atom stereocenters. The highest BCUT2D eigenvalue weighted by Crippen LogP contribution is 2.28. The second-order valence-corrected chi connectivity index (χ2v) is 7.08. The van der Waals surface area contributed by atoms with Gasteiger partial charge in [-0.1, -0.05) is 59.3 Å². The number of rotatable bonds is 4. The molecule has 0 fully saturated rings. The van der Waals surface area contributed by atoms with Crippen LogP contribution in [0.4, 0.5) is 4.39 Å². The molecule has 0 saturated heterocycles. The number of benzene rings is 2. The van der Waals surface area contributed by atoms with E-state index in [4.69, 9.17) is 11.6 Å². The van der Waals surface area contributed by atoms with Gasteiger partial charge in [0, 0.05) is 29.5 Å². The first-order valence-corrected chi connectivity index (χ1v) is 9.06. The Morgan fingerprint density at radius 2 is 1.96 bits per heavy atom. The van der Waals surface area contributed by atoms with Gasteiger partial charge in [0.25, 0.3) is 5.91 Å². The van der Waals surface area contributed by atoms with E-state index in [0.29, 0.717) is 0 Å². The van der Waals surface area contributed by atoms with E-state index >= 15 is 0 Å². The van der Waals surface area contributed by atoms with E-state index in [1.165, 1.54) is 23.5 Å². The Morgan fingerprint density at radius 1 is 1.15 bits per heavy atom. The minimum Gasteiger partial charge on any atom is -0.346 e. The standard InChI is InChI=1S/C19H13ClFN3OS/c20-14-7-4-8-15(21)13(14)9-22-18(25)16-10-24-11-17(26-19(24)23-16)12-5-2-1-3-6-12/h1-8,10-11H,9H2,(H,22,25). The van der Waals surface area contributed by atoms with E-state index in [2.05, 4.69) is 10.3 Å². The molecule has 2 aromatic carbocycles. The number of hydrogen-bond donors (Lipinski definition) is 1. The molecule has 0 radical (unpaired) electrons. The molecule has 2 heterocycles. The fourth-order valence-corrected chi connectivity index (χ4v) is 3.80. The van der Waals surface area contributed by atoms with Gasteiger partial charge < -0.3 is 5.32 Å². The monoisotopic (exact) mass is 385 g/mol. The number of imidazole rings is 1. The molecule has 0 aliphatic rings. The van der Waals surface area contributed by atoms with Crippen LogP contribution < -0.4 is 5.32 Å². The summed E-state index contributed by atoms with van der Waals surface area (Å²) in [6.07, 6.45) is 3.60. The maximum Gasteiger partial charge on any atom is 0.271 e. The number of nitrogens with one attached hydrogen (secondary N) is 1. The second-order valence-electron chi connectivity index (χ2n) is 5.66. The zero-order valence-corrected chi connectivity index (χ0v) is 15.0. The largest absolute Gasteiger partial charge is 0.346 e. The van der Waals surface area contributed by atoms with Crippen molar-refractivity contribution in [1.29, 1.82) is 0 Å². The molecule has 4 nitrogen and oxygen atoms in total. The molecule has 0 unspecified atom stereocenters. The lowest BCUT2D eigenvalue weighted by Gasteiger charge is -2.06. The summed E-state index contributed by atoms with van der Waals surface area (Å²) in [5, 5.41) is 2.94. The van der Waals surface area contributed by atoms with Crippen molar-refractivity contribution in [1.82, 2.24) is 14.7 Å². The van der Waals surface area contributed by atoms with Crippen LogP contribution in [0.2, 0.25) is 5.02 Å². The molecule has 7 heteroatoms. The van der Waals surface area contributed by atoms with Crippen molar-refractivity contribution in [2.45, 2.75) is 6.54 Å². The fraction of sp³-hybridized carbons (Fsp3) is 0.0526. The van der Waals surface area contributed by atoms with Gasteiger partial charge in [0.1, 0.15) is 11.5 Å². The van der Waals surface area contributed by atoms with Crippen molar-refractivity contribution in [3.8, 4) is 10.4 Å². The molecule has 0 aliphatic heterocycles. The van der Waals surface area contributed by atoms with Gasteiger partial charge in [-0.25, -0.2) is 9.37 Å². The Kier molecular flexibility index (Phi) is 4.44. The van der Waals surface area contributed by atoms with Gasteiger partial charge in [-0.15, -0.1) is 0 Å². The van der Waals surface area contributed by atoms with Gasteiger partial charge in [0.2, 0.25) is 0 Å². The molecule has 4 aromatic rings. The van der Waals surface area contributed by atoms with E-state index in [-0.39, 0.29) is 28.7 Å². The normalized spacial score (nSPS) is 11.0. The third-order valence-corrected chi connectivity index (χ3v) is 5.33. The molecule has 0 aliphatic carbocycles. The minimum absolute atomic E-state index is 0.00474. The highest BCUT2D eigenvalue weighted by molar-refractivity contribution is 7.20. The number of nitrogens with zero attached hydrogens (tertiary/aromatic N) is 2. The van der Waals surface area contributed by atoms with Crippen molar-refractivity contribution in [2.24, 2.45) is 0 Å². The lowest BCUT2D eigenvalue weighted by Crippen LogP contribution is -2.23. The highest BCUT2D eigenvalue weighted by atomic mass is 35.5. The minimum atomic E-state index is -0.448. The molecule has 26 heavy (non-hydrogen) atoms. The number of carbonyl (C=O) groups is 1. The summed E-state index contributed by atoms with van der Waals surface area (Å²) in [5.74, 6) is -0.822. The third kappa shape index (κ3) is 3.21. The summed E-state index contributed by atoms with van der Waals surface area (Å²) in [6, 6.07) is 14.4. The number of fused-ring (bicyclic) bond motifs is 1. The summed E-state index contributed by atoms with van der Waals surface area (Å²) in [4.78, 5) is 18.5. The zero-order valence-electron chi connectivity index (χ0n) is 13.4. The molecule has 130 valence electrons. The second kappa shape index (κ2) is 6.90. The van der Waals surface area contributed by atoms with Crippen LogP contribution in [0.3, 0.4) is 0 Å². The quantitative estimate of drug-likeness (QED) is 0.549. The number of thiazole rings is 1. The number of amides is 1. The molecule has 1 N–H and O–H groups in total. The van der Waals surface area contributed by atoms with Gasteiger partial charge in [-0.2, -0.15) is 0 Å². The zero-order chi connectivity index (χ0) is 18.1. The fourth-order valence-electron chi connectivity index (χ4n) is 2.60. The maximum atomic E-state index is 13.8. The van der Waals surface area contributed by atoms with Crippen molar-refractivity contribution >= 4 is 33.8 Å². The van der Waals surface area contributed by atoms with Crippen LogP contribution in [0.25, 0.3) is 15.4 Å². The van der Waals surface area contributed by atoms with E-state index in [1.54, 1.807) is 12.3 Å². The Hall–Kier alpha value is -2.70. The van der Waals surface area contributed by atoms with Gasteiger partial charge in [0.15, 0.2) is 4.96 Å². The predicted octanol–water partition coefficient (Wildman–Crippen LogP) is 4.79. The maximum absolute atomic E-state index is 13.8. The first-order chi connectivity index (χ1) is 12.6. The van der Waals surface area contributed by atoms with Crippen molar-refractivity contribution in [2.75, 3.05) is 0 Å². The van der Waals surface area contributed by atoms with Crippen molar-refractivity contribution < 1.29 is 9.18 Å². The van der Waals surface area contributed by atoms with Crippen molar-refractivity contribution in [3.63, 3.8) is 0 Å². The van der Waals surface area contributed by atoms with Gasteiger partial charge in [-0.3, -0.25) is 9.20 Å². The molecule has 2 aromatic heterocycles. The van der Waals surface area contributed by atoms with E-state index in [1.807, 2.05) is 40.9 Å². The lowest BCUT2D eigenvalue weighted by molar-refractivity contribution is 0.0946. The van der Waals surface area contributed by atoms with Gasteiger partial charge in [-0.05, 0) is 17.7 Å². The number of halogens is 2. The van der Waals surface area contributed by atoms with Crippen LogP contribution in [-0.2, 0) is 6.54 Å². The number of aromatic nitrogens is 2. The number of hydrogen-bond acceptors (Lipinski definition) is 3. The molecule has 4 rings (SSSR count).